The largest absolute Gasteiger partial charge is 0.469 e. The van der Waals surface area contributed by atoms with Crippen LogP contribution in [0.15, 0.2) is 110 Å². The Morgan fingerprint density at radius 2 is 1.19 bits per heavy atom. The summed E-state index contributed by atoms with van der Waals surface area (Å²) in [6.45, 7) is 0. The number of nitrogens with zero attached hydrogens (tertiary/aromatic N) is 4. The lowest BCUT2D eigenvalue weighted by Gasteiger charge is -2.40. The van der Waals surface area contributed by atoms with E-state index in [9.17, 15) is 0 Å². The Morgan fingerprint density at radius 3 is 1.90 bits per heavy atom. The number of hydrazine groups is 2. The molecule has 4 aliphatic heterocycles. The van der Waals surface area contributed by atoms with Crippen LogP contribution < -0.4 is 15.8 Å². The maximum absolute atomic E-state index is 6.66. The van der Waals surface area contributed by atoms with Gasteiger partial charge in [0.2, 0.25) is 0 Å². The third-order valence-electron chi connectivity index (χ3n) is 5.61. The summed E-state index contributed by atoms with van der Waals surface area (Å²) >= 11 is 0. The lowest BCUT2D eigenvalue weighted by Crippen LogP contribution is -2.39. The zero-order valence-corrected chi connectivity index (χ0v) is 16.7. The smallest absolute Gasteiger partial charge is 0.176 e. The average molecular weight is 407 g/mol. The van der Waals surface area contributed by atoms with Crippen LogP contribution in [0.3, 0.4) is 0 Å². The van der Waals surface area contributed by atoms with Crippen LogP contribution in [0.4, 0.5) is 11.4 Å². The number of fused-ring (bicyclic) bond motifs is 6. The van der Waals surface area contributed by atoms with E-state index in [4.69, 9.17) is 10.5 Å². The minimum Gasteiger partial charge on any atom is -0.469 e. The fourth-order valence-electron chi connectivity index (χ4n) is 4.18. The van der Waals surface area contributed by atoms with Crippen LogP contribution in [0.2, 0.25) is 0 Å². The molecule has 1 unspecified atom stereocenters. The summed E-state index contributed by atoms with van der Waals surface area (Å²) in [6, 6.07) is 16.4. The molecule has 152 valence electrons. The molecule has 0 aromatic heterocycles. The van der Waals surface area contributed by atoms with E-state index in [2.05, 4.69) is 34.3 Å². The van der Waals surface area contributed by atoms with Crippen LogP contribution >= 0.6 is 0 Å². The number of allylic oxidation sites excluding steroid dienone is 4. The van der Waals surface area contributed by atoms with Crippen molar-refractivity contribution in [2.75, 3.05) is 10.0 Å². The molecule has 6 heteroatoms. The molecule has 0 aliphatic carbocycles. The highest BCUT2D eigenvalue weighted by molar-refractivity contribution is 5.83. The molecule has 2 aromatic carbocycles. The summed E-state index contributed by atoms with van der Waals surface area (Å²) in [5, 5.41) is 8.17. The van der Waals surface area contributed by atoms with Crippen molar-refractivity contribution in [1.82, 2.24) is 10.0 Å². The highest BCUT2D eigenvalue weighted by Gasteiger charge is 2.30. The van der Waals surface area contributed by atoms with Crippen LogP contribution in [0.25, 0.3) is 11.3 Å². The number of rotatable bonds is 3. The molecule has 0 radical (unpaired) electrons. The van der Waals surface area contributed by atoms with E-state index in [-0.39, 0.29) is 0 Å². The van der Waals surface area contributed by atoms with Crippen molar-refractivity contribution < 1.29 is 4.74 Å². The standard InChI is InChI=1S/C25H21N5O/c26-25(21-17-27-13-5-7-15-29(27)22-11-3-1-9-19(21)22)31-24-18-28-14-6-8-16-30(28)23-12-4-2-10-20(23)24/h1-18,25H,26H2. The monoisotopic (exact) mass is 407 g/mol. The number of benzene rings is 2. The summed E-state index contributed by atoms with van der Waals surface area (Å²) in [5.74, 6) is 0.731. The molecule has 0 bridgehead atoms. The number of nitrogens with two attached hydrogens (primary N) is 1. The highest BCUT2D eigenvalue weighted by atomic mass is 16.5. The second-order valence-corrected chi connectivity index (χ2v) is 7.47. The Bertz CT molecular complexity index is 1220. The van der Waals surface area contributed by atoms with E-state index in [1.165, 1.54) is 0 Å². The lowest BCUT2D eigenvalue weighted by atomic mass is 10.0. The quantitative estimate of drug-likeness (QED) is 0.757. The van der Waals surface area contributed by atoms with Gasteiger partial charge < -0.3 is 4.74 Å². The zero-order valence-electron chi connectivity index (χ0n) is 16.7. The maximum Gasteiger partial charge on any atom is 0.176 e. The Balaban J connectivity index is 1.37. The minimum atomic E-state index is -0.641. The van der Waals surface area contributed by atoms with Gasteiger partial charge in [0.25, 0.3) is 0 Å². The van der Waals surface area contributed by atoms with Crippen LogP contribution in [0, 0.1) is 0 Å². The van der Waals surface area contributed by atoms with Crippen molar-refractivity contribution >= 4 is 22.7 Å². The molecule has 2 aromatic rings. The van der Waals surface area contributed by atoms with Crippen molar-refractivity contribution in [2.24, 2.45) is 5.73 Å². The molecule has 6 nitrogen and oxygen atoms in total. The van der Waals surface area contributed by atoms with Crippen LogP contribution in [0.1, 0.15) is 11.1 Å². The molecular formula is C25H21N5O. The van der Waals surface area contributed by atoms with Crippen molar-refractivity contribution in [3.8, 4) is 0 Å². The van der Waals surface area contributed by atoms with E-state index < -0.39 is 6.23 Å². The number of para-hydroxylation sites is 2. The Kier molecular flexibility index (Phi) is 3.97. The van der Waals surface area contributed by atoms with Gasteiger partial charge in [0.15, 0.2) is 6.23 Å². The van der Waals surface area contributed by atoms with E-state index in [1.54, 1.807) is 0 Å². The summed E-state index contributed by atoms with van der Waals surface area (Å²) in [4.78, 5) is 0. The van der Waals surface area contributed by atoms with E-state index in [0.29, 0.717) is 0 Å². The zero-order chi connectivity index (χ0) is 20.8. The van der Waals surface area contributed by atoms with Crippen molar-refractivity contribution in [2.45, 2.75) is 6.23 Å². The summed E-state index contributed by atoms with van der Waals surface area (Å²) in [5.41, 5.74) is 11.7. The van der Waals surface area contributed by atoms with Gasteiger partial charge in [-0.2, -0.15) is 0 Å². The molecule has 0 amide bonds. The van der Waals surface area contributed by atoms with E-state index in [1.807, 2.05) is 95.8 Å². The maximum atomic E-state index is 6.66. The first-order valence-corrected chi connectivity index (χ1v) is 10.2. The van der Waals surface area contributed by atoms with Crippen LogP contribution in [-0.4, -0.2) is 16.2 Å². The first kappa shape index (κ1) is 17.7. The second kappa shape index (κ2) is 6.97. The van der Waals surface area contributed by atoms with Gasteiger partial charge in [-0.1, -0.05) is 30.3 Å². The first-order valence-electron chi connectivity index (χ1n) is 10.2. The normalized spacial score (nSPS) is 18.6. The van der Waals surface area contributed by atoms with Gasteiger partial charge in [-0.15, -0.1) is 0 Å². The molecule has 1 atom stereocenters. The average Bonchev–Trinajstić information content (AvgIpc) is 2.83. The van der Waals surface area contributed by atoms with Crippen molar-refractivity contribution in [3.05, 3.63) is 121 Å². The fourth-order valence-corrected chi connectivity index (χ4v) is 4.18. The van der Waals surface area contributed by atoms with Gasteiger partial charge in [-0.3, -0.25) is 25.8 Å². The van der Waals surface area contributed by atoms with Gasteiger partial charge in [0, 0.05) is 47.7 Å². The van der Waals surface area contributed by atoms with Gasteiger partial charge in [-0.05, 0) is 42.5 Å². The van der Waals surface area contributed by atoms with Crippen molar-refractivity contribution in [1.29, 1.82) is 0 Å². The Hall–Kier alpha value is -4.16. The fraction of sp³-hybridized carbons (Fsp3) is 0.0400. The molecule has 0 fully saturated rings. The van der Waals surface area contributed by atoms with Gasteiger partial charge >= 0.3 is 0 Å². The molecule has 31 heavy (non-hydrogen) atoms. The Morgan fingerprint density at radius 1 is 0.645 bits per heavy atom. The number of hydrogen-bond donors (Lipinski definition) is 1. The molecule has 6 rings (SSSR count). The summed E-state index contributed by atoms with van der Waals surface area (Å²) in [6.07, 6.45) is 19.4. The van der Waals surface area contributed by atoms with Gasteiger partial charge in [0.05, 0.1) is 17.6 Å². The molecule has 4 aliphatic rings. The lowest BCUT2D eigenvalue weighted by molar-refractivity contribution is 0.219. The SMILES string of the molecule is NC(OC1=CN2C=CC=CN2c2ccccc21)C1=CN2C=CC=CN2c2ccccc21. The highest BCUT2D eigenvalue weighted by Crippen LogP contribution is 2.40. The first-order chi connectivity index (χ1) is 15.3. The van der Waals surface area contributed by atoms with Crippen LogP contribution in [-0.2, 0) is 4.74 Å². The number of hydrogen-bond acceptors (Lipinski definition) is 6. The molecule has 0 spiro atoms. The molecule has 0 saturated heterocycles. The topological polar surface area (TPSA) is 48.2 Å². The predicted molar refractivity (Wildman–Crippen MR) is 123 cm³/mol. The molecule has 0 saturated carbocycles. The van der Waals surface area contributed by atoms with E-state index >= 15 is 0 Å². The summed E-state index contributed by atoms with van der Waals surface area (Å²) in [7, 11) is 0. The molecular weight excluding hydrogens is 386 g/mol. The predicted octanol–water partition coefficient (Wildman–Crippen LogP) is 4.48. The second-order valence-electron chi connectivity index (χ2n) is 7.47. The third kappa shape index (κ3) is 2.85. The van der Waals surface area contributed by atoms with Crippen molar-refractivity contribution in [3.63, 3.8) is 0 Å². The van der Waals surface area contributed by atoms with Gasteiger partial charge in [-0.25, -0.2) is 0 Å². The van der Waals surface area contributed by atoms with E-state index in [0.717, 1.165) is 33.8 Å². The molecule has 4 heterocycles. The Labute approximate surface area is 181 Å². The minimum absolute atomic E-state index is 0.641. The third-order valence-corrected chi connectivity index (χ3v) is 5.61. The summed E-state index contributed by atoms with van der Waals surface area (Å²) < 4.78 is 6.40. The molecule has 2 N–H and O–H groups in total. The number of anilines is 2. The van der Waals surface area contributed by atoms with Crippen LogP contribution in [0.5, 0.6) is 0 Å². The van der Waals surface area contributed by atoms with Gasteiger partial charge in [0.1, 0.15) is 5.76 Å². The number of ether oxygens (including phenoxy) is 1.